The Bertz CT molecular complexity index is 1200. The minimum Gasteiger partial charge on any atom is -0.403 e. The van der Waals surface area contributed by atoms with Crippen molar-refractivity contribution in [1.82, 2.24) is 20.2 Å². The minimum atomic E-state index is -5.03. The first-order valence-corrected chi connectivity index (χ1v) is 13.5. The van der Waals surface area contributed by atoms with Gasteiger partial charge in [0.2, 0.25) is 5.91 Å². The van der Waals surface area contributed by atoms with Crippen LogP contribution in [0, 0.1) is 5.82 Å². The summed E-state index contributed by atoms with van der Waals surface area (Å²) in [7, 11) is 0. The number of anilines is 1. The van der Waals surface area contributed by atoms with E-state index in [0.29, 0.717) is 51.5 Å². The number of piperazine rings is 1. The number of hydrogen-bond donors (Lipinski definition) is 2. The van der Waals surface area contributed by atoms with Crippen molar-refractivity contribution < 1.29 is 36.9 Å². The summed E-state index contributed by atoms with van der Waals surface area (Å²) in [6.07, 6.45) is -2.07. The van der Waals surface area contributed by atoms with Gasteiger partial charge in [0, 0.05) is 57.5 Å². The number of rotatable bonds is 7. The third-order valence-corrected chi connectivity index (χ3v) is 7.88. The SMILES string of the molecule is C[C@@H]1C[C@H](O)c2ncnc(N3CCN(C(=O)C(CNC4CCOCC4)c4ccc(OC(F)(F)F)c(F)c4)CC3)c21. The van der Waals surface area contributed by atoms with Gasteiger partial charge in [-0.2, -0.15) is 0 Å². The fourth-order valence-corrected chi connectivity index (χ4v) is 5.79. The van der Waals surface area contributed by atoms with Crippen molar-refractivity contribution in [3.8, 4) is 5.75 Å². The van der Waals surface area contributed by atoms with E-state index in [1.165, 1.54) is 12.4 Å². The van der Waals surface area contributed by atoms with Gasteiger partial charge >= 0.3 is 6.36 Å². The van der Waals surface area contributed by atoms with E-state index in [0.717, 1.165) is 36.4 Å². The van der Waals surface area contributed by atoms with Gasteiger partial charge in [-0.1, -0.05) is 13.0 Å². The Morgan fingerprint density at radius 3 is 2.60 bits per heavy atom. The Hall–Kier alpha value is -3.03. The Kier molecular flexibility index (Phi) is 8.43. The molecule has 0 saturated carbocycles. The quantitative estimate of drug-likeness (QED) is 0.492. The van der Waals surface area contributed by atoms with E-state index in [-0.39, 0.29) is 30.0 Å². The molecule has 1 aromatic carbocycles. The van der Waals surface area contributed by atoms with Crippen LogP contribution in [0.4, 0.5) is 23.4 Å². The summed E-state index contributed by atoms with van der Waals surface area (Å²) >= 11 is 0. The maximum Gasteiger partial charge on any atom is 0.573 e. The number of nitrogens with one attached hydrogen (secondary N) is 1. The maximum absolute atomic E-state index is 14.6. The second kappa shape index (κ2) is 11.8. The Morgan fingerprint density at radius 2 is 1.93 bits per heavy atom. The Balaban J connectivity index is 1.31. The van der Waals surface area contributed by atoms with Crippen LogP contribution >= 0.6 is 0 Å². The summed E-state index contributed by atoms with van der Waals surface area (Å²) in [6, 6.07) is 3.29. The molecule has 2 aromatic rings. The van der Waals surface area contributed by atoms with Gasteiger partial charge in [-0.25, -0.2) is 14.4 Å². The largest absolute Gasteiger partial charge is 0.573 e. The van der Waals surface area contributed by atoms with Gasteiger partial charge in [0.05, 0.1) is 17.7 Å². The van der Waals surface area contributed by atoms with Crippen LogP contribution in [0.2, 0.25) is 0 Å². The summed E-state index contributed by atoms with van der Waals surface area (Å²) < 4.78 is 61.7. The summed E-state index contributed by atoms with van der Waals surface area (Å²) in [5, 5.41) is 13.7. The van der Waals surface area contributed by atoms with Gasteiger partial charge in [-0.05, 0) is 42.9 Å². The number of amides is 1. The third-order valence-electron chi connectivity index (χ3n) is 7.88. The molecule has 2 N–H and O–H groups in total. The van der Waals surface area contributed by atoms with Crippen molar-refractivity contribution in [2.75, 3.05) is 50.8 Å². The Morgan fingerprint density at radius 1 is 1.20 bits per heavy atom. The minimum absolute atomic E-state index is 0.112. The number of aliphatic hydroxyl groups is 1. The first kappa shape index (κ1) is 28.5. The van der Waals surface area contributed by atoms with E-state index >= 15 is 0 Å². The number of fused-ring (bicyclic) bond motifs is 1. The predicted octanol–water partition coefficient (Wildman–Crippen LogP) is 3.26. The van der Waals surface area contributed by atoms with Gasteiger partial charge in [0.1, 0.15) is 12.1 Å². The monoisotopic (exact) mass is 567 g/mol. The van der Waals surface area contributed by atoms with Gasteiger partial charge in [-0.15, -0.1) is 13.2 Å². The van der Waals surface area contributed by atoms with Gasteiger partial charge in [0.25, 0.3) is 0 Å². The molecular weight excluding hydrogens is 534 g/mol. The second-order valence-corrected chi connectivity index (χ2v) is 10.5. The molecule has 5 rings (SSSR count). The average Bonchev–Trinajstić information content (AvgIpc) is 3.23. The van der Waals surface area contributed by atoms with Crippen LogP contribution in [0.5, 0.6) is 5.75 Å². The highest BCUT2D eigenvalue weighted by atomic mass is 19.4. The molecule has 1 amide bonds. The van der Waals surface area contributed by atoms with Crippen molar-refractivity contribution in [2.24, 2.45) is 0 Å². The molecule has 9 nitrogen and oxygen atoms in total. The standard InChI is InChI=1S/C27H33F4N5O4/c1-16-12-21(37)24-23(16)25(34-15-33-24)35-6-8-36(9-7-35)26(38)19(14-32-18-4-10-39-11-5-18)17-2-3-22(20(28)13-17)40-27(29,30)31/h2-3,13,15-16,18-19,21,32,37H,4-12,14H2,1H3/t16-,19?,21+/m1/s1. The highest BCUT2D eigenvalue weighted by molar-refractivity contribution is 5.84. The summed E-state index contributed by atoms with van der Waals surface area (Å²) in [5.41, 5.74) is 1.86. The van der Waals surface area contributed by atoms with Crippen LogP contribution in [0.15, 0.2) is 24.5 Å². The van der Waals surface area contributed by atoms with Crippen molar-refractivity contribution in [1.29, 1.82) is 0 Å². The van der Waals surface area contributed by atoms with Crippen LogP contribution in [0.1, 0.15) is 60.9 Å². The lowest BCUT2D eigenvalue weighted by molar-refractivity contribution is -0.275. The van der Waals surface area contributed by atoms with Crippen LogP contribution in [0.3, 0.4) is 0 Å². The highest BCUT2D eigenvalue weighted by Crippen LogP contribution is 2.43. The molecule has 2 saturated heterocycles. The number of alkyl halides is 3. The molecule has 1 aliphatic carbocycles. The van der Waals surface area contributed by atoms with E-state index in [1.807, 2.05) is 6.92 Å². The fraction of sp³-hybridized carbons (Fsp3) is 0.593. The van der Waals surface area contributed by atoms with Gasteiger partial charge in [0.15, 0.2) is 11.6 Å². The number of hydrogen-bond acceptors (Lipinski definition) is 8. The highest BCUT2D eigenvalue weighted by Gasteiger charge is 2.36. The van der Waals surface area contributed by atoms with Crippen molar-refractivity contribution in [3.05, 3.63) is 47.2 Å². The second-order valence-electron chi connectivity index (χ2n) is 10.5. The normalized spacial score (nSPS) is 22.8. The molecule has 0 spiro atoms. The smallest absolute Gasteiger partial charge is 0.403 e. The number of ether oxygens (including phenoxy) is 2. The van der Waals surface area contributed by atoms with E-state index in [1.54, 1.807) is 4.90 Å². The van der Waals surface area contributed by atoms with Crippen LogP contribution < -0.4 is 15.0 Å². The summed E-state index contributed by atoms with van der Waals surface area (Å²) in [5.74, 6) is -2.29. The molecule has 3 heterocycles. The lowest BCUT2D eigenvalue weighted by Crippen LogP contribution is -2.52. The molecule has 3 atom stereocenters. The number of nitrogens with zero attached hydrogens (tertiary/aromatic N) is 4. The molecule has 13 heteroatoms. The van der Waals surface area contributed by atoms with Crippen molar-refractivity contribution in [3.63, 3.8) is 0 Å². The van der Waals surface area contributed by atoms with Crippen molar-refractivity contribution >= 4 is 11.7 Å². The van der Waals surface area contributed by atoms with Crippen LogP contribution in [0.25, 0.3) is 0 Å². The number of aliphatic hydroxyl groups excluding tert-OH is 1. The first-order valence-electron chi connectivity index (χ1n) is 13.5. The van der Waals surface area contributed by atoms with E-state index in [2.05, 4.69) is 24.9 Å². The molecule has 1 aromatic heterocycles. The van der Waals surface area contributed by atoms with Gasteiger partial charge in [-0.3, -0.25) is 4.79 Å². The zero-order valence-corrected chi connectivity index (χ0v) is 22.2. The topological polar surface area (TPSA) is 100 Å². The lowest BCUT2D eigenvalue weighted by atomic mass is 9.95. The zero-order chi connectivity index (χ0) is 28.4. The molecule has 0 radical (unpaired) electrons. The van der Waals surface area contributed by atoms with Crippen molar-refractivity contribution in [2.45, 2.75) is 56.5 Å². The average molecular weight is 568 g/mol. The summed E-state index contributed by atoms with van der Waals surface area (Å²) in [6.45, 7) is 5.21. The number of aromatic nitrogens is 2. The fourth-order valence-electron chi connectivity index (χ4n) is 5.79. The molecule has 3 aliphatic rings. The number of carbonyl (C=O) groups excluding carboxylic acids is 1. The molecule has 0 bridgehead atoms. The van der Waals surface area contributed by atoms with Crippen LogP contribution in [-0.2, 0) is 9.53 Å². The number of carbonyl (C=O) groups is 1. The molecule has 2 fully saturated rings. The number of halogens is 4. The van der Waals surface area contributed by atoms with Crippen LogP contribution in [-0.4, -0.2) is 84.2 Å². The lowest BCUT2D eigenvalue weighted by Gasteiger charge is -2.38. The Labute approximate surface area is 229 Å². The predicted molar refractivity (Wildman–Crippen MR) is 136 cm³/mol. The van der Waals surface area contributed by atoms with Gasteiger partial charge < -0.3 is 29.7 Å². The summed E-state index contributed by atoms with van der Waals surface area (Å²) in [4.78, 5) is 26.3. The molecular formula is C27H33F4N5O4. The third kappa shape index (κ3) is 6.31. The first-order chi connectivity index (χ1) is 19.1. The molecule has 1 unspecified atom stereocenters. The van der Waals surface area contributed by atoms with E-state index < -0.39 is 30.0 Å². The molecule has 40 heavy (non-hydrogen) atoms. The maximum atomic E-state index is 14.6. The number of benzene rings is 1. The van der Waals surface area contributed by atoms with E-state index in [4.69, 9.17) is 4.74 Å². The molecule has 218 valence electrons. The van der Waals surface area contributed by atoms with E-state index in [9.17, 15) is 27.5 Å². The zero-order valence-electron chi connectivity index (χ0n) is 22.2. The molecule has 2 aliphatic heterocycles.